The molecule has 0 aliphatic carbocycles. The number of likely N-dealkylation sites (N-methyl/N-ethyl adjacent to an activating group) is 1. The third-order valence-corrected chi connectivity index (χ3v) is 3.56. The molecule has 0 aromatic carbocycles. The number of nitrogens with zero attached hydrogens (tertiary/aromatic N) is 4. The van der Waals surface area contributed by atoms with Crippen LogP contribution >= 0.6 is 0 Å². The van der Waals surface area contributed by atoms with Crippen LogP contribution in [0, 0.1) is 6.92 Å². The van der Waals surface area contributed by atoms with Gasteiger partial charge in [-0.1, -0.05) is 5.16 Å². The fourth-order valence-corrected chi connectivity index (χ4v) is 2.39. The Hall–Kier alpha value is -1.82. The van der Waals surface area contributed by atoms with E-state index in [9.17, 15) is 0 Å². The van der Waals surface area contributed by atoms with Crippen molar-refractivity contribution in [1.29, 1.82) is 0 Å². The lowest BCUT2D eigenvalue weighted by atomic mass is 10.2. The van der Waals surface area contributed by atoms with E-state index in [2.05, 4.69) is 34.0 Å². The van der Waals surface area contributed by atoms with Crippen LogP contribution in [0.1, 0.15) is 17.7 Å². The van der Waals surface area contributed by atoms with Crippen LogP contribution in [0.15, 0.2) is 17.3 Å². The van der Waals surface area contributed by atoms with Crippen LogP contribution in [0.2, 0.25) is 0 Å². The molecule has 19 heavy (non-hydrogen) atoms. The number of rotatable bonds is 3. The van der Waals surface area contributed by atoms with Crippen LogP contribution in [0.3, 0.4) is 0 Å². The first-order valence-corrected chi connectivity index (χ1v) is 6.39. The predicted molar refractivity (Wildman–Crippen MR) is 75.8 cm³/mol. The maximum Gasteiger partial charge on any atom is 0.170 e. The minimum Gasteiger partial charge on any atom is -0.409 e. The van der Waals surface area contributed by atoms with Crippen LogP contribution in [0.4, 0.5) is 5.82 Å². The Balaban J connectivity index is 2.24. The average molecular weight is 263 g/mol. The third kappa shape index (κ3) is 2.96. The van der Waals surface area contributed by atoms with Gasteiger partial charge in [0.05, 0.1) is 0 Å². The molecule has 1 fully saturated rings. The molecule has 1 aromatic rings. The first kappa shape index (κ1) is 13.6. The molecule has 0 radical (unpaired) electrons. The van der Waals surface area contributed by atoms with Gasteiger partial charge in [0.1, 0.15) is 5.82 Å². The Bertz CT molecular complexity index is 486. The lowest BCUT2D eigenvalue weighted by Crippen LogP contribution is -2.31. The van der Waals surface area contributed by atoms with Crippen molar-refractivity contribution in [3.8, 4) is 0 Å². The highest BCUT2D eigenvalue weighted by Crippen LogP contribution is 2.22. The molecule has 0 bridgehead atoms. The van der Waals surface area contributed by atoms with E-state index in [1.807, 2.05) is 19.1 Å². The summed E-state index contributed by atoms with van der Waals surface area (Å²) in [6.07, 6.45) is 1.13. The van der Waals surface area contributed by atoms with Gasteiger partial charge in [-0.25, -0.2) is 4.98 Å². The lowest BCUT2D eigenvalue weighted by Gasteiger charge is -2.21. The second kappa shape index (κ2) is 5.44. The van der Waals surface area contributed by atoms with E-state index in [1.165, 1.54) is 0 Å². The van der Waals surface area contributed by atoms with Crippen molar-refractivity contribution < 1.29 is 5.21 Å². The van der Waals surface area contributed by atoms with E-state index in [4.69, 9.17) is 10.9 Å². The molecule has 3 N–H and O–H groups in total. The van der Waals surface area contributed by atoms with Crippen LogP contribution in [0.25, 0.3) is 0 Å². The second-order valence-corrected chi connectivity index (χ2v) is 5.19. The summed E-state index contributed by atoms with van der Waals surface area (Å²) in [5.41, 5.74) is 7.23. The fourth-order valence-electron chi connectivity index (χ4n) is 2.39. The summed E-state index contributed by atoms with van der Waals surface area (Å²) in [4.78, 5) is 9.02. The first-order valence-electron chi connectivity index (χ1n) is 6.39. The van der Waals surface area contributed by atoms with E-state index in [0.29, 0.717) is 11.6 Å². The topological polar surface area (TPSA) is 78.0 Å². The zero-order valence-electron chi connectivity index (χ0n) is 11.7. The molecular weight excluding hydrogens is 242 g/mol. The van der Waals surface area contributed by atoms with Gasteiger partial charge in [-0.2, -0.15) is 0 Å². The number of nitrogens with two attached hydrogens (primary N) is 1. The Morgan fingerprint density at radius 2 is 2.26 bits per heavy atom. The van der Waals surface area contributed by atoms with Gasteiger partial charge in [0, 0.05) is 30.4 Å². The van der Waals surface area contributed by atoms with Crippen LogP contribution in [-0.4, -0.2) is 54.2 Å². The van der Waals surface area contributed by atoms with Crippen molar-refractivity contribution in [3.63, 3.8) is 0 Å². The molecule has 0 spiro atoms. The molecular formula is C13H21N5O. The van der Waals surface area contributed by atoms with Crippen molar-refractivity contribution in [2.45, 2.75) is 19.4 Å². The minimum atomic E-state index is 0.120. The quantitative estimate of drug-likeness (QED) is 0.362. The summed E-state index contributed by atoms with van der Waals surface area (Å²) in [5, 5.41) is 11.8. The van der Waals surface area contributed by atoms with Crippen LogP contribution < -0.4 is 10.6 Å². The molecule has 2 rings (SSSR count). The molecule has 104 valence electrons. The molecule has 1 atom stereocenters. The Labute approximate surface area is 113 Å². The summed E-state index contributed by atoms with van der Waals surface area (Å²) < 4.78 is 0. The van der Waals surface area contributed by atoms with Crippen LogP contribution in [0.5, 0.6) is 0 Å². The summed E-state index contributed by atoms with van der Waals surface area (Å²) >= 11 is 0. The van der Waals surface area contributed by atoms with E-state index in [1.54, 1.807) is 0 Å². The molecule has 1 saturated heterocycles. The molecule has 1 unspecified atom stereocenters. The summed E-state index contributed by atoms with van der Waals surface area (Å²) in [6.45, 7) is 3.85. The van der Waals surface area contributed by atoms with Gasteiger partial charge in [0.25, 0.3) is 0 Å². The molecule has 0 amide bonds. The Morgan fingerprint density at radius 1 is 1.53 bits per heavy atom. The Kier molecular flexibility index (Phi) is 3.90. The highest BCUT2D eigenvalue weighted by molar-refractivity contribution is 5.97. The number of anilines is 1. The zero-order chi connectivity index (χ0) is 14.0. The fraction of sp³-hybridized carbons (Fsp3) is 0.538. The number of hydrogen-bond donors (Lipinski definition) is 2. The van der Waals surface area contributed by atoms with Gasteiger partial charge >= 0.3 is 0 Å². The molecule has 0 saturated carbocycles. The summed E-state index contributed by atoms with van der Waals surface area (Å²) in [6, 6.07) is 4.24. The Morgan fingerprint density at radius 3 is 2.84 bits per heavy atom. The van der Waals surface area contributed by atoms with Crippen LogP contribution in [-0.2, 0) is 0 Å². The molecule has 1 aromatic heterocycles. The number of aryl methyl sites for hydroxylation is 1. The van der Waals surface area contributed by atoms with Crippen molar-refractivity contribution in [1.82, 2.24) is 9.88 Å². The monoisotopic (exact) mass is 263 g/mol. The van der Waals surface area contributed by atoms with Gasteiger partial charge in [0.15, 0.2) is 5.84 Å². The average Bonchev–Trinajstić information content (AvgIpc) is 2.86. The van der Waals surface area contributed by atoms with Gasteiger partial charge in [-0.05, 0) is 39.6 Å². The molecule has 6 nitrogen and oxygen atoms in total. The van der Waals surface area contributed by atoms with Gasteiger partial charge < -0.3 is 20.7 Å². The number of hydrogen-bond acceptors (Lipinski definition) is 5. The summed E-state index contributed by atoms with van der Waals surface area (Å²) in [5.74, 6) is 1.01. The molecule has 1 aliphatic rings. The van der Waals surface area contributed by atoms with E-state index < -0.39 is 0 Å². The molecule has 1 aliphatic heterocycles. The summed E-state index contributed by atoms with van der Waals surface area (Å²) in [7, 11) is 4.19. The van der Waals surface area contributed by atoms with Crippen molar-refractivity contribution in [2.24, 2.45) is 10.9 Å². The maximum absolute atomic E-state index is 8.77. The van der Waals surface area contributed by atoms with E-state index in [0.717, 1.165) is 31.0 Å². The SMILES string of the molecule is Cc1cc(/C(N)=N/O)cc(N2CCC(N(C)C)C2)n1. The van der Waals surface area contributed by atoms with E-state index >= 15 is 0 Å². The second-order valence-electron chi connectivity index (χ2n) is 5.19. The van der Waals surface area contributed by atoms with Crippen molar-refractivity contribution in [3.05, 3.63) is 23.4 Å². The highest BCUT2D eigenvalue weighted by atomic mass is 16.4. The number of aromatic nitrogens is 1. The molecule has 6 heteroatoms. The number of pyridine rings is 1. The minimum absolute atomic E-state index is 0.120. The first-order chi connectivity index (χ1) is 9.01. The lowest BCUT2D eigenvalue weighted by molar-refractivity contribution is 0.315. The predicted octanol–water partition coefficient (Wildman–Crippen LogP) is 0.625. The van der Waals surface area contributed by atoms with Gasteiger partial charge in [-0.3, -0.25) is 0 Å². The smallest absolute Gasteiger partial charge is 0.170 e. The van der Waals surface area contributed by atoms with Crippen molar-refractivity contribution in [2.75, 3.05) is 32.1 Å². The normalized spacial score (nSPS) is 20.3. The maximum atomic E-state index is 8.77. The molecule has 2 heterocycles. The van der Waals surface area contributed by atoms with Crippen molar-refractivity contribution >= 4 is 11.7 Å². The third-order valence-electron chi connectivity index (χ3n) is 3.56. The largest absolute Gasteiger partial charge is 0.409 e. The van der Waals surface area contributed by atoms with E-state index in [-0.39, 0.29) is 5.84 Å². The standard InChI is InChI=1S/C13H21N5O/c1-9-6-10(13(14)16-19)7-12(15-9)18-5-4-11(8-18)17(2)3/h6-7,11,19H,4-5,8H2,1-3H3,(H2,14,16). The zero-order valence-corrected chi connectivity index (χ0v) is 11.7. The number of oxime groups is 1. The number of amidine groups is 1. The van der Waals surface area contributed by atoms with Gasteiger partial charge in [-0.15, -0.1) is 0 Å². The van der Waals surface area contributed by atoms with Gasteiger partial charge in [0.2, 0.25) is 0 Å². The highest BCUT2D eigenvalue weighted by Gasteiger charge is 2.25.